The predicted octanol–water partition coefficient (Wildman–Crippen LogP) is 1.78. The average molecular weight is 248 g/mol. The van der Waals surface area contributed by atoms with Crippen molar-refractivity contribution in [3.05, 3.63) is 17.8 Å². The minimum atomic E-state index is -0.124. The Morgan fingerprint density at radius 1 is 1.39 bits per heavy atom. The van der Waals surface area contributed by atoms with Crippen molar-refractivity contribution in [2.24, 2.45) is 5.92 Å². The van der Waals surface area contributed by atoms with Crippen LogP contribution in [0.1, 0.15) is 36.7 Å². The van der Waals surface area contributed by atoms with E-state index in [9.17, 15) is 4.79 Å². The van der Waals surface area contributed by atoms with Crippen LogP contribution in [0.3, 0.4) is 0 Å². The summed E-state index contributed by atoms with van der Waals surface area (Å²) < 4.78 is 0. The zero-order valence-electron chi connectivity index (χ0n) is 11.2. The van der Waals surface area contributed by atoms with Crippen molar-refractivity contribution < 1.29 is 4.79 Å². The molecule has 1 saturated carbocycles. The number of hydrogen-bond acceptors (Lipinski definition) is 4. The number of amides is 1. The first-order valence-electron chi connectivity index (χ1n) is 6.40. The van der Waals surface area contributed by atoms with Crippen LogP contribution in [0.5, 0.6) is 0 Å². The average Bonchev–Trinajstić information content (AvgIpc) is 2.26. The van der Waals surface area contributed by atoms with E-state index in [0.29, 0.717) is 11.7 Å². The topological polar surface area (TPSA) is 58.1 Å². The highest BCUT2D eigenvalue weighted by atomic mass is 16.2. The molecule has 1 aliphatic carbocycles. The standard InChI is InChI=1S/C13H20N4O/c1-9(10-5-4-6-10)14-12-8-7-11(15-16-12)13(18)17(2)3/h7-10H,4-6H2,1-3H3,(H,14,16). The number of hydrogen-bond donors (Lipinski definition) is 1. The number of nitrogens with zero attached hydrogens (tertiary/aromatic N) is 3. The van der Waals surface area contributed by atoms with Gasteiger partial charge in [0.15, 0.2) is 5.69 Å². The molecule has 5 nitrogen and oxygen atoms in total. The molecule has 1 heterocycles. The molecule has 5 heteroatoms. The molecule has 0 radical (unpaired) electrons. The van der Waals surface area contributed by atoms with E-state index in [0.717, 1.165) is 11.7 Å². The first kappa shape index (κ1) is 12.8. The van der Waals surface area contributed by atoms with Crippen LogP contribution in [0.4, 0.5) is 5.82 Å². The molecule has 1 fully saturated rings. The largest absolute Gasteiger partial charge is 0.366 e. The van der Waals surface area contributed by atoms with Gasteiger partial charge in [0.25, 0.3) is 5.91 Å². The molecular formula is C13H20N4O. The van der Waals surface area contributed by atoms with Crippen LogP contribution in [0.15, 0.2) is 12.1 Å². The highest BCUT2D eigenvalue weighted by Gasteiger charge is 2.24. The van der Waals surface area contributed by atoms with E-state index in [2.05, 4.69) is 22.4 Å². The van der Waals surface area contributed by atoms with E-state index in [1.165, 1.54) is 24.2 Å². The third-order valence-electron chi connectivity index (χ3n) is 3.52. The van der Waals surface area contributed by atoms with E-state index >= 15 is 0 Å². The Bertz CT molecular complexity index is 412. The Kier molecular flexibility index (Phi) is 3.79. The Balaban J connectivity index is 1.96. The summed E-state index contributed by atoms with van der Waals surface area (Å²) in [6.07, 6.45) is 3.91. The Hall–Kier alpha value is -1.65. The van der Waals surface area contributed by atoms with Crippen molar-refractivity contribution in [2.45, 2.75) is 32.2 Å². The molecule has 2 rings (SSSR count). The molecule has 1 amide bonds. The van der Waals surface area contributed by atoms with Crippen molar-refractivity contribution in [3.63, 3.8) is 0 Å². The van der Waals surface area contributed by atoms with Gasteiger partial charge >= 0.3 is 0 Å². The van der Waals surface area contributed by atoms with Crippen LogP contribution >= 0.6 is 0 Å². The number of rotatable bonds is 4. The first-order chi connectivity index (χ1) is 8.58. The molecule has 0 saturated heterocycles. The van der Waals surface area contributed by atoms with Gasteiger partial charge in [0, 0.05) is 20.1 Å². The molecule has 98 valence electrons. The lowest BCUT2D eigenvalue weighted by molar-refractivity contribution is 0.0821. The number of nitrogens with one attached hydrogen (secondary N) is 1. The van der Waals surface area contributed by atoms with Crippen LogP contribution in [0.25, 0.3) is 0 Å². The van der Waals surface area contributed by atoms with Gasteiger partial charge in [0.05, 0.1) is 0 Å². The van der Waals surface area contributed by atoms with Gasteiger partial charge in [0.1, 0.15) is 5.82 Å². The summed E-state index contributed by atoms with van der Waals surface area (Å²) in [5.74, 6) is 1.36. The van der Waals surface area contributed by atoms with E-state index < -0.39 is 0 Å². The lowest BCUT2D eigenvalue weighted by Gasteiger charge is -2.32. The second-order valence-electron chi connectivity index (χ2n) is 5.13. The summed E-state index contributed by atoms with van der Waals surface area (Å²) in [5, 5.41) is 11.3. The molecule has 1 N–H and O–H groups in total. The minimum Gasteiger partial charge on any atom is -0.366 e. The zero-order chi connectivity index (χ0) is 13.1. The van der Waals surface area contributed by atoms with Crippen LogP contribution in [0, 0.1) is 5.92 Å². The van der Waals surface area contributed by atoms with E-state index in [1.807, 2.05) is 6.07 Å². The van der Waals surface area contributed by atoms with Gasteiger partial charge in [-0.1, -0.05) is 6.42 Å². The fourth-order valence-electron chi connectivity index (χ4n) is 2.04. The second-order valence-corrected chi connectivity index (χ2v) is 5.13. The number of carbonyl (C=O) groups is 1. The summed E-state index contributed by atoms with van der Waals surface area (Å²) in [4.78, 5) is 13.1. The maximum Gasteiger partial charge on any atom is 0.273 e. The van der Waals surface area contributed by atoms with Crippen molar-refractivity contribution in [3.8, 4) is 0 Å². The van der Waals surface area contributed by atoms with Crippen LogP contribution in [0.2, 0.25) is 0 Å². The number of aromatic nitrogens is 2. The molecule has 1 unspecified atom stereocenters. The molecule has 0 aromatic carbocycles. The normalized spacial score (nSPS) is 16.8. The predicted molar refractivity (Wildman–Crippen MR) is 70.5 cm³/mol. The molecular weight excluding hydrogens is 228 g/mol. The van der Waals surface area contributed by atoms with Gasteiger partial charge in [0.2, 0.25) is 0 Å². The van der Waals surface area contributed by atoms with Crippen molar-refractivity contribution in [1.82, 2.24) is 15.1 Å². The highest BCUT2D eigenvalue weighted by Crippen LogP contribution is 2.30. The van der Waals surface area contributed by atoms with Crippen LogP contribution < -0.4 is 5.32 Å². The molecule has 18 heavy (non-hydrogen) atoms. The molecule has 0 aliphatic heterocycles. The minimum absolute atomic E-state index is 0.124. The first-order valence-corrected chi connectivity index (χ1v) is 6.40. The molecule has 0 spiro atoms. The summed E-state index contributed by atoms with van der Waals surface area (Å²) in [7, 11) is 3.41. The Morgan fingerprint density at radius 3 is 2.56 bits per heavy atom. The molecule has 1 aromatic heterocycles. The third-order valence-corrected chi connectivity index (χ3v) is 3.52. The summed E-state index contributed by atoms with van der Waals surface area (Å²) >= 11 is 0. The van der Waals surface area contributed by atoms with Gasteiger partial charge in [-0.2, -0.15) is 0 Å². The maximum atomic E-state index is 11.6. The van der Waals surface area contributed by atoms with E-state index in [4.69, 9.17) is 0 Å². The van der Waals surface area contributed by atoms with Crippen LogP contribution in [-0.2, 0) is 0 Å². The van der Waals surface area contributed by atoms with Gasteiger partial charge < -0.3 is 10.2 Å². The summed E-state index contributed by atoms with van der Waals surface area (Å²) in [6, 6.07) is 3.95. The van der Waals surface area contributed by atoms with E-state index in [-0.39, 0.29) is 5.91 Å². The lowest BCUT2D eigenvalue weighted by Crippen LogP contribution is -2.31. The number of anilines is 1. The van der Waals surface area contributed by atoms with Crippen molar-refractivity contribution in [2.75, 3.05) is 19.4 Å². The SMILES string of the molecule is CC(Nc1ccc(C(=O)N(C)C)nn1)C1CCC1. The third kappa shape index (κ3) is 2.78. The van der Waals surface area contributed by atoms with Crippen molar-refractivity contribution in [1.29, 1.82) is 0 Å². The fraction of sp³-hybridized carbons (Fsp3) is 0.615. The summed E-state index contributed by atoms with van der Waals surface area (Å²) in [5.41, 5.74) is 0.377. The zero-order valence-corrected chi connectivity index (χ0v) is 11.2. The summed E-state index contributed by atoms with van der Waals surface area (Å²) in [6.45, 7) is 2.17. The molecule has 1 atom stereocenters. The Morgan fingerprint density at radius 2 is 2.11 bits per heavy atom. The van der Waals surface area contributed by atoms with Gasteiger partial charge in [-0.3, -0.25) is 4.79 Å². The van der Waals surface area contributed by atoms with Gasteiger partial charge in [-0.25, -0.2) is 0 Å². The monoisotopic (exact) mass is 248 g/mol. The lowest BCUT2D eigenvalue weighted by atomic mass is 9.80. The molecule has 1 aromatic rings. The van der Waals surface area contributed by atoms with Gasteiger partial charge in [-0.05, 0) is 37.8 Å². The smallest absolute Gasteiger partial charge is 0.273 e. The fourth-order valence-corrected chi connectivity index (χ4v) is 2.04. The van der Waals surface area contributed by atoms with Crippen molar-refractivity contribution >= 4 is 11.7 Å². The maximum absolute atomic E-state index is 11.6. The quantitative estimate of drug-likeness (QED) is 0.882. The van der Waals surface area contributed by atoms with Gasteiger partial charge in [-0.15, -0.1) is 10.2 Å². The number of carbonyl (C=O) groups excluding carboxylic acids is 1. The molecule has 0 bridgehead atoms. The second kappa shape index (κ2) is 5.33. The van der Waals surface area contributed by atoms with Crippen LogP contribution in [-0.4, -0.2) is 41.1 Å². The highest BCUT2D eigenvalue weighted by molar-refractivity contribution is 5.91. The van der Waals surface area contributed by atoms with E-state index in [1.54, 1.807) is 20.2 Å². The molecule has 1 aliphatic rings. The Labute approximate surface area is 108 Å².